The third-order valence-electron chi connectivity index (χ3n) is 8.12. The highest BCUT2D eigenvalue weighted by molar-refractivity contribution is 7.13. The van der Waals surface area contributed by atoms with Crippen LogP contribution in [0.1, 0.15) is 96.2 Å². The molecule has 1 aliphatic heterocycles. The summed E-state index contributed by atoms with van der Waals surface area (Å²) < 4.78 is 0. The number of thiazole rings is 1. The second kappa shape index (κ2) is 17.1. The molecule has 2 heterocycles. The summed E-state index contributed by atoms with van der Waals surface area (Å²) in [7, 11) is 0. The van der Waals surface area contributed by atoms with Gasteiger partial charge in [-0.15, -0.1) is 11.3 Å². The number of amides is 2. The number of nitrogens with two attached hydrogens (primary N) is 1. The average Bonchev–Trinajstić information content (AvgIpc) is 3.55. The molecule has 9 heteroatoms. The molecule has 0 saturated carbocycles. The van der Waals surface area contributed by atoms with E-state index in [9.17, 15) is 14.7 Å². The van der Waals surface area contributed by atoms with E-state index < -0.39 is 17.6 Å². The molecule has 1 aromatic heterocycles. The van der Waals surface area contributed by atoms with Gasteiger partial charge in [0.1, 0.15) is 6.04 Å². The maximum Gasteiger partial charge on any atom is 0.246 e. The molecular weight excluding hydrogens is 546 g/mol. The summed E-state index contributed by atoms with van der Waals surface area (Å²) in [6.45, 7) is 10.3. The molecule has 2 aromatic rings. The molecule has 42 heavy (non-hydrogen) atoms. The number of hydrogen-bond donors (Lipinski definition) is 4. The molecule has 0 spiro atoms. The number of β-amino-alcohol motifs (C(OH)–C–C–N with tert-alkyl or cyclic N) is 1. The number of nitrogens with zero attached hydrogens (tertiary/aromatic N) is 2. The van der Waals surface area contributed by atoms with E-state index in [1.54, 1.807) is 16.2 Å². The largest absolute Gasteiger partial charge is 0.391 e. The van der Waals surface area contributed by atoms with Gasteiger partial charge in [0, 0.05) is 32.1 Å². The number of aliphatic hydroxyl groups excluding tert-OH is 1. The number of benzene rings is 1. The standard InChI is InChI=1S/C33H53N5O3S/c1-24-30(42-23-36-24)26-16-14-25(15-17-26)20-35-21-27-19-28(39)22-38(27)32(41)31(33(2,3)4)37-29(40)13-11-9-7-5-6-8-10-12-18-34/h14-17,23,27-28,31,35,39H,5-13,18-22,34H2,1-4H3,(H,37,40)/t27?,28-,31-/m1/s1. The minimum absolute atomic E-state index is 0.0717. The van der Waals surface area contributed by atoms with E-state index in [1.165, 1.54) is 36.1 Å². The van der Waals surface area contributed by atoms with Crippen molar-refractivity contribution in [1.29, 1.82) is 0 Å². The zero-order chi connectivity index (χ0) is 30.5. The lowest BCUT2D eigenvalue weighted by molar-refractivity contribution is -0.140. The number of aliphatic hydroxyl groups is 1. The summed E-state index contributed by atoms with van der Waals surface area (Å²) in [4.78, 5) is 33.9. The average molecular weight is 600 g/mol. The molecule has 0 aliphatic carbocycles. The number of likely N-dealkylation sites (tertiary alicyclic amines) is 1. The van der Waals surface area contributed by atoms with Gasteiger partial charge >= 0.3 is 0 Å². The molecular formula is C33H53N5O3S. The van der Waals surface area contributed by atoms with E-state index in [-0.39, 0.29) is 17.9 Å². The summed E-state index contributed by atoms with van der Waals surface area (Å²) in [5.74, 6) is -0.182. The highest BCUT2D eigenvalue weighted by Gasteiger charge is 2.41. The zero-order valence-electron chi connectivity index (χ0n) is 26.2. The molecule has 1 unspecified atom stereocenters. The number of rotatable bonds is 17. The van der Waals surface area contributed by atoms with Crippen LogP contribution in [-0.2, 0) is 16.1 Å². The molecule has 2 amide bonds. The third-order valence-corrected chi connectivity index (χ3v) is 9.10. The van der Waals surface area contributed by atoms with Gasteiger partial charge in [-0.1, -0.05) is 83.6 Å². The lowest BCUT2D eigenvalue weighted by atomic mass is 9.85. The second-order valence-corrected chi connectivity index (χ2v) is 13.7. The predicted octanol–water partition coefficient (Wildman–Crippen LogP) is 5.17. The first kappa shape index (κ1) is 34.2. The number of nitrogens with one attached hydrogen (secondary N) is 2. The molecule has 1 saturated heterocycles. The van der Waals surface area contributed by atoms with Crippen LogP contribution in [0, 0.1) is 12.3 Å². The van der Waals surface area contributed by atoms with Crippen LogP contribution in [0.3, 0.4) is 0 Å². The quantitative estimate of drug-likeness (QED) is 0.186. The van der Waals surface area contributed by atoms with Crippen molar-refractivity contribution in [3.05, 3.63) is 41.0 Å². The van der Waals surface area contributed by atoms with Crippen molar-refractivity contribution < 1.29 is 14.7 Å². The van der Waals surface area contributed by atoms with E-state index >= 15 is 0 Å². The Hall–Kier alpha value is -2.33. The summed E-state index contributed by atoms with van der Waals surface area (Å²) in [5.41, 5.74) is 10.3. The van der Waals surface area contributed by atoms with Crippen molar-refractivity contribution in [2.45, 2.75) is 117 Å². The monoisotopic (exact) mass is 599 g/mol. The van der Waals surface area contributed by atoms with E-state index in [2.05, 4.69) is 39.9 Å². The van der Waals surface area contributed by atoms with Gasteiger partial charge < -0.3 is 26.4 Å². The fourth-order valence-electron chi connectivity index (χ4n) is 5.63. The smallest absolute Gasteiger partial charge is 0.246 e. The van der Waals surface area contributed by atoms with Crippen molar-refractivity contribution in [3.8, 4) is 10.4 Å². The Bertz CT molecular complexity index is 1100. The lowest BCUT2D eigenvalue weighted by Gasteiger charge is -2.36. The van der Waals surface area contributed by atoms with E-state index in [4.69, 9.17) is 5.73 Å². The predicted molar refractivity (Wildman–Crippen MR) is 172 cm³/mol. The van der Waals surface area contributed by atoms with E-state index in [1.807, 2.05) is 33.2 Å². The molecule has 0 bridgehead atoms. The summed E-state index contributed by atoms with van der Waals surface area (Å²) in [5, 5.41) is 17.0. The Balaban J connectivity index is 1.47. The first-order valence-electron chi connectivity index (χ1n) is 15.8. The SMILES string of the molecule is Cc1ncsc1-c1ccc(CNCC2C[C@@H](O)CN2C(=O)[C@@H](NC(=O)CCCCCCCCCCN)C(C)(C)C)cc1. The van der Waals surface area contributed by atoms with Crippen molar-refractivity contribution in [2.24, 2.45) is 11.1 Å². The van der Waals surface area contributed by atoms with Crippen LogP contribution >= 0.6 is 11.3 Å². The van der Waals surface area contributed by atoms with Crippen LogP contribution in [0.4, 0.5) is 0 Å². The Kier molecular flexibility index (Phi) is 13.9. The van der Waals surface area contributed by atoms with Gasteiger partial charge in [-0.2, -0.15) is 0 Å². The number of unbranched alkanes of at least 4 members (excludes halogenated alkanes) is 7. The van der Waals surface area contributed by atoms with Crippen LogP contribution in [0.2, 0.25) is 0 Å². The van der Waals surface area contributed by atoms with Crippen LogP contribution in [0.25, 0.3) is 10.4 Å². The molecule has 5 N–H and O–H groups in total. The normalized spacial score (nSPS) is 17.9. The molecule has 1 aromatic carbocycles. The first-order valence-corrected chi connectivity index (χ1v) is 16.7. The summed E-state index contributed by atoms with van der Waals surface area (Å²) in [6.07, 6.45) is 9.35. The minimum atomic E-state index is -0.636. The molecule has 1 fully saturated rings. The van der Waals surface area contributed by atoms with Crippen LogP contribution in [-0.4, -0.2) is 64.6 Å². The van der Waals surface area contributed by atoms with Gasteiger partial charge in [-0.25, -0.2) is 4.98 Å². The third kappa shape index (κ3) is 10.7. The summed E-state index contributed by atoms with van der Waals surface area (Å²) in [6, 6.07) is 7.70. The fourth-order valence-corrected chi connectivity index (χ4v) is 6.44. The van der Waals surface area contributed by atoms with Gasteiger partial charge in [-0.3, -0.25) is 9.59 Å². The van der Waals surface area contributed by atoms with Gasteiger partial charge in [0.15, 0.2) is 0 Å². The second-order valence-electron chi connectivity index (χ2n) is 12.9. The van der Waals surface area contributed by atoms with Gasteiger partial charge in [0.05, 0.1) is 22.2 Å². The molecule has 1 aliphatic rings. The molecule has 3 rings (SSSR count). The zero-order valence-corrected chi connectivity index (χ0v) is 27.0. The number of carbonyl (C=O) groups excluding carboxylic acids is 2. The Morgan fingerprint density at radius 2 is 1.71 bits per heavy atom. The fraction of sp³-hybridized carbons (Fsp3) is 0.667. The molecule has 234 valence electrons. The first-order chi connectivity index (χ1) is 20.1. The maximum absolute atomic E-state index is 13.8. The highest BCUT2D eigenvalue weighted by atomic mass is 32.1. The van der Waals surface area contributed by atoms with Crippen LogP contribution in [0.15, 0.2) is 29.8 Å². The highest BCUT2D eigenvalue weighted by Crippen LogP contribution is 2.28. The van der Waals surface area contributed by atoms with Crippen molar-refractivity contribution in [1.82, 2.24) is 20.5 Å². The Morgan fingerprint density at radius 1 is 1.07 bits per heavy atom. The van der Waals surface area contributed by atoms with Gasteiger partial charge in [-0.05, 0) is 49.3 Å². The lowest BCUT2D eigenvalue weighted by Crippen LogP contribution is -2.56. The van der Waals surface area contributed by atoms with Crippen LogP contribution < -0.4 is 16.4 Å². The van der Waals surface area contributed by atoms with Crippen molar-refractivity contribution >= 4 is 23.2 Å². The van der Waals surface area contributed by atoms with Crippen molar-refractivity contribution in [3.63, 3.8) is 0 Å². The number of hydrogen-bond acceptors (Lipinski definition) is 7. The maximum atomic E-state index is 13.8. The van der Waals surface area contributed by atoms with Gasteiger partial charge in [0.25, 0.3) is 0 Å². The summed E-state index contributed by atoms with van der Waals surface area (Å²) >= 11 is 1.65. The molecule has 0 radical (unpaired) electrons. The number of aryl methyl sites for hydroxylation is 1. The van der Waals surface area contributed by atoms with E-state index in [0.717, 1.165) is 43.5 Å². The number of aromatic nitrogens is 1. The topological polar surface area (TPSA) is 121 Å². The number of carbonyl (C=O) groups is 2. The Morgan fingerprint density at radius 3 is 2.31 bits per heavy atom. The Labute approximate surface area is 256 Å². The molecule has 8 nitrogen and oxygen atoms in total. The van der Waals surface area contributed by atoms with Crippen molar-refractivity contribution in [2.75, 3.05) is 19.6 Å². The van der Waals surface area contributed by atoms with E-state index in [0.29, 0.717) is 32.5 Å². The minimum Gasteiger partial charge on any atom is -0.391 e. The molecule has 3 atom stereocenters. The van der Waals surface area contributed by atoms with Crippen LogP contribution in [0.5, 0.6) is 0 Å². The van der Waals surface area contributed by atoms with Gasteiger partial charge in [0.2, 0.25) is 11.8 Å².